The topological polar surface area (TPSA) is 58.6 Å². The molecule has 2 aromatic carbocycles. The van der Waals surface area contributed by atoms with E-state index in [4.69, 9.17) is 21.5 Å². The van der Waals surface area contributed by atoms with Crippen LogP contribution in [0.5, 0.6) is 0 Å². The minimum Gasteiger partial charge on any atom is -1.00 e. The summed E-state index contributed by atoms with van der Waals surface area (Å²) in [4.78, 5) is 11.5. The fourth-order valence-electron chi connectivity index (χ4n) is 2.67. The predicted molar refractivity (Wildman–Crippen MR) is 90.8 cm³/mol. The second-order valence-electron chi connectivity index (χ2n) is 5.50. The fourth-order valence-corrected chi connectivity index (χ4v) is 2.79. The molecular weight excluding hydrogens is 372 g/mol. The number of hydroxylamine groups is 1. The Balaban J connectivity index is 0.00000312. The number of hydrogen-bond donors (Lipinski definition) is 2. The number of carbonyl (C=O) groups is 1. The summed E-state index contributed by atoms with van der Waals surface area (Å²) < 4.78 is 18.7. The molecule has 7 heteroatoms. The Kier molecular flexibility index (Phi) is 10.4. The summed E-state index contributed by atoms with van der Waals surface area (Å²) >= 11 is 5.91. The van der Waals surface area contributed by atoms with Crippen molar-refractivity contribution in [3.05, 3.63) is 70.5 Å². The Bertz CT molecular complexity index is 673. The van der Waals surface area contributed by atoms with E-state index >= 15 is 0 Å². The minimum absolute atomic E-state index is 0. The molecule has 0 aliphatic rings. The smallest absolute Gasteiger partial charge is 1.00 e. The van der Waals surface area contributed by atoms with E-state index in [0.29, 0.717) is 11.4 Å². The van der Waals surface area contributed by atoms with Gasteiger partial charge < -0.3 is 6.16 Å². The van der Waals surface area contributed by atoms with Crippen LogP contribution in [0.2, 0.25) is 5.02 Å². The van der Waals surface area contributed by atoms with E-state index in [-0.39, 0.29) is 71.0 Å². The molecule has 2 atom stereocenters. The zero-order valence-electron chi connectivity index (χ0n) is 15.2. The molecule has 0 saturated carbocycles. The van der Waals surface area contributed by atoms with Crippen molar-refractivity contribution in [1.82, 2.24) is 5.48 Å². The van der Waals surface area contributed by atoms with Crippen molar-refractivity contribution >= 4 is 17.5 Å². The molecule has 0 heterocycles. The normalized spacial score (nSPS) is 12.8. The van der Waals surface area contributed by atoms with Crippen LogP contribution in [0.25, 0.3) is 0 Å². The summed E-state index contributed by atoms with van der Waals surface area (Å²) in [6, 6.07) is 13.5. The Labute approximate surface area is 195 Å². The van der Waals surface area contributed by atoms with Crippen molar-refractivity contribution in [1.29, 1.82) is 0 Å². The van der Waals surface area contributed by atoms with Crippen molar-refractivity contribution in [3.8, 4) is 0 Å². The Morgan fingerprint density at radius 1 is 1.24 bits per heavy atom. The van der Waals surface area contributed by atoms with E-state index < -0.39 is 12.0 Å². The molecule has 2 N–H and O–H groups in total. The first kappa shape index (κ1) is 22.7. The molecule has 0 aliphatic heterocycles. The monoisotopic (exact) mass is 391 g/mol. The van der Waals surface area contributed by atoms with Gasteiger partial charge in [-0.25, -0.2) is 9.87 Å². The molecule has 0 saturated heterocycles. The number of carbonyl (C=O) groups excluding carboxylic acids is 1. The maximum absolute atomic E-state index is 13.2. The van der Waals surface area contributed by atoms with E-state index in [1.807, 2.05) is 12.1 Å². The third kappa shape index (κ3) is 7.07. The standard InChI is InChI=1S/C18H19ClFNO3.K.H/c1-24-17(11-18(22)21-23)16(13-4-8-15(20)9-5-13)10-12-2-6-14(19)7-3-12;;/h2-9,16-17,23H,10-11H2,1H3,(H,21,22);;/q;+1;-1/t16-,17-;;/m1../s1. The maximum Gasteiger partial charge on any atom is 1.00 e. The van der Waals surface area contributed by atoms with E-state index in [1.54, 1.807) is 29.7 Å². The van der Waals surface area contributed by atoms with Gasteiger partial charge in [0.05, 0.1) is 12.5 Å². The molecule has 0 unspecified atom stereocenters. The first-order valence-corrected chi connectivity index (χ1v) is 7.87. The van der Waals surface area contributed by atoms with Gasteiger partial charge in [-0.1, -0.05) is 35.9 Å². The number of nitrogens with one attached hydrogen (secondary N) is 1. The van der Waals surface area contributed by atoms with Crippen LogP contribution in [-0.2, 0) is 16.0 Å². The molecule has 2 aromatic rings. The largest absolute Gasteiger partial charge is 1.00 e. The van der Waals surface area contributed by atoms with Gasteiger partial charge in [-0.2, -0.15) is 0 Å². The number of amides is 1. The summed E-state index contributed by atoms with van der Waals surface area (Å²) in [5, 5.41) is 9.41. The maximum atomic E-state index is 13.2. The van der Waals surface area contributed by atoms with E-state index in [0.717, 1.165) is 11.1 Å². The van der Waals surface area contributed by atoms with Crippen LogP contribution >= 0.6 is 11.6 Å². The van der Waals surface area contributed by atoms with Gasteiger partial charge in [0.1, 0.15) is 5.82 Å². The SMILES string of the molecule is CO[C@H](CC(=O)NO)[C@H](Cc1ccc(Cl)cc1)c1ccc(F)cc1.[H-].[K+]. The van der Waals surface area contributed by atoms with Crippen LogP contribution in [-0.4, -0.2) is 24.3 Å². The van der Waals surface area contributed by atoms with Gasteiger partial charge in [0.15, 0.2) is 0 Å². The number of halogens is 2. The van der Waals surface area contributed by atoms with Crippen molar-refractivity contribution in [2.45, 2.75) is 24.9 Å². The molecule has 25 heavy (non-hydrogen) atoms. The van der Waals surface area contributed by atoms with E-state index in [9.17, 15) is 9.18 Å². The fraction of sp³-hybridized carbons (Fsp3) is 0.278. The molecule has 0 aromatic heterocycles. The molecule has 0 aliphatic carbocycles. The predicted octanol–water partition coefficient (Wildman–Crippen LogP) is 0.832. The van der Waals surface area contributed by atoms with Crippen molar-refractivity contribution in [2.24, 2.45) is 0 Å². The van der Waals surface area contributed by atoms with Crippen LogP contribution in [0.1, 0.15) is 24.9 Å². The van der Waals surface area contributed by atoms with Gasteiger partial charge >= 0.3 is 51.4 Å². The summed E-state index contributed by atoms with van der Waals surface area (Å²) in [6.45, 7) is 0. The Morgan fingerprint density at radius 3 is 2.36 bits per heavy atom. The number of methoxy groups -OCH3 is 1. The Morgan fingerprint density at radius 2 is 1.84 bits per heavy atom. The van der Waals surface area contributed by atoms with Crippen LogP contribution in [0.15, 0.2) is 48.5 Å². The van der Waals surface area contributed by atoms with Crippen LogP contribution < -0.4 is 56.9 Å². The zero-order chi connectivity index (χ0) is 17.5. The third-order valence-electron chi connectivity index (χ3n) is 3.93. The quantitative estimate of drug-likeness (QED) is 0.417. The van der Waals surface area contributed by atoms with Gasteiger partial charge in [-0.05, 0) is 41.8 Å². The van der Waals surface area contributed by atoms with Gasteiger partial charge in [0, 0.05) is 18.1 Å². The molecule has 4 nitrogen and oxygen atoms in total. The van der Waals surface area contributed by atoms with E-state index in [2.05, 4.69) is 0 Å². The first-order chi connectivity index (χ1) is 11.5. The molecule has 130 valence electrons. The summed E-state index contributed by atoms with van der Waals surface area (Å²) in [7, 11) is 1.51. The first-order valence-electron chi connectivity index (χ1n) is 7.49. The number of ether oxygens (including phenoxy) is 1. The van der Waals surface area contributed by atoms with Gasteiger partial charge in [0.25, 0.3) is 0 Å². The molecule has 0 bridgehead atoms. The summed E-state index contributed by atoms with van der Waals surface area (Å²) in [5.41, 5.74) is 3.49. The molecule has 0 radical (unpaired) electrons. The Hall–Kier alpha value is -0.314. The van der Waals surface area contributed by atoms with Gasteiger partial charge in [-0.3, -0.25) is 10.0 Å². The average Bonchev–Trinajstić information content (AvgIpc) is 2.60. The molecule has 0 spiro atoms. The number of rotatable bonds is 7. The second-order valence-corrected chi connectivity index (χ2v) is 5.94. The van der Waals surface area contributed by atoms with Gasteiger partial charge in [0.2, 0.25) is 5.91 Å². The summed E-state index contributed by atoms with van der Waals surface area (Å²) in [6.07, 6.45) is 0.0983. The minimum atomic E-state index is -0.537. The molecule has 0 fully saturated rings. The second kappa shape index (κ2) is 11.4. The molecular formula is C18H20ClFKNO3. The van der Waals surface area contributed by atoms with Crippen molar-refractivity contribution < 1.29 is 71.9 Å². The molecule has 1 amide bonds. The number of hydrogen-bond acceptors (Lipinski definition) is 3. The summed E-state index contributed by atoms with van der Waals surface area (Å²) in [5.74, 6) is -1.05. The van der Waals surface area contributed by atoms with Crippen LogP contribution in [0, 0.1) is 5.82 Å². The van der Waals surface area contributed by atoms with Crippen LogP contribution in [0.4, 0.5) is 4.39 Å². The zero-order valence-corrected chi connectivity index (χ0v) is 18.1. The average molecular weight is 392 g/mol. The van der Waals surface area contributed by atoms with Crippen molar-refractivity contribution in [3.63, 3.8) is 0 Å². The number of benzene rings is 2. The third-order valence-corrected chi connectivity index (χ3v) is 4.18. The van der Waals surface area contributed by atoms with Gasteiger partial charge in [-0.15, -0.1) is 0 Å². The molecule has 2 rings (SSSR count). The van der Waals surface area contributed by atoms with Crippen molar-refractivity contribution in [2.75, 3.05) is 7.11 Å². The van der Waals surface area contributed by atoms with E-state index in [1.165, 1.54) is 19.2 Å². The van der Waals surface area contributed by atoms with Crippen LogP contribution in [0.3, 0.4) is 0 Å².